The number of aromatic nitrogens is 4. The van der Waals surface area contributed by atoms with Crippen LogP contribution in [0.2, 0.25) is 0 Å². The van der Waals surface area contributed by atoms with Crippen LogP contribution in [-0.4, -0.2) is 83.3 Å². The summed E-state index contributed by atoms with van der Waals surface area (Å²) in [7, 11) is 1.00. The number of sulfone groups is 1. The van der Waals surface area contributed by atoms with Crippen molar-refractivity contribution in [1.29, 1.82) is 0 Å². The number of fused-ring (bicyclic) bond motifs is 1. The molecule has 0 bridgehead atoms. The van der Waals surface area contributed by atoms with E-state index in [1.165, 1.54) is 10.7 Å². The standard InChI is InChI=1S/C23H28F3N7O2S/c1-22(31(2)3)13-32(14-22)19-18-12-27-33(17-6-4-5-15(11-17)23(24,25)26)20(18)30-21(29-19)28-16-7-9-36(34,35)10-8-16/h4-6,11-12,16H,7-10,13-14H2,1-3H3,(H,28,29,30). The van der Waals surface area contributed by atoms with E-state index < -0.39 is 21.6 Å². The Hall–Kier alpha value is -2.93. The number of likely N-dealkylation sites (N-methyl/N-ethyl adjacent to an activating group) is 1. The van der Waals surface area contributed by atoms with Gasteiger partial charge in [0.05, 0.1) is 39.9 Å². The number of nitrogens with one attached hydrogen (secondary N) is 1. The zero-order valence-corrected chi connectivity index (χ0v) is 21.1. The molecule has 0 unspecified atom stereocenters. The Labute approximate surface area is 207 Å². The van der Waals surface area contributed by atoms with Crippen LogP contribution in [0.1, 0.15) is 25.3 Å². The first-order chi connectivity index (χ1) is 16.8. The third-order valence-electron chi connectivity index (χ3n) is 7.16. The molecule has 0 aliphatic carbocycles. The molecule has 2 aromatic heterocycles. The topological polar surface area (TPSA) is 96.2 Å². The van der Waals surface area contributed by atoms with E-state index in [0.717, 1.165) is 12.1 Å². The molecule has 2 aliphatic rings. The van der Waals surface area contributed by atoms with Gasteiger partial charge in [-0.3, -0.25) is 0 Å². The summed E-state index contributed by atoms with van der Waals surface area (Å²) in [5.74, 6) is 1.13. The second kappa shape index (κ2) is 8.58. The number of hydrogen-bond acceptors (Lipinski definition) is 8. The first kappa shape index (κ1) is 24.8. The van der Waals surface area contributed by atoms with Gasteiger partial charge in [-0.2, -0.15) is 28.2 Å². The highest BCUT2D eigenvalue weighted by Gasteiger charge is 2.42. The van der Waals surface area contributed by atoms with Gasteiger partial charge in [0.15, 0.2) is 5.65 Å². The highest BCUT2D eigenvalue weighted by Crippen LogP contribution is 2.36. The number of halogens is 3. The fourth-order valence-corrected chi connectivity index (χ4v) is 6.12. The molecule has 36 heavy (non-hydrogen) atoms. The molecule has 2 saturated heterocycles. The van der Waals surface area contributed by atoms with E-state index in [4.69, 9.17) is 4.98 Å². The molecule has 2 fully saturated rings. The molecule has 13 heteroatoms. The van der Waals surface area contributed by atoms with Crippen molar-refractivity contribution in [1.82, 2.24) is 24.6 Å². The molecule has 0 radical (unpaired) electrons. The fourth-order valence-electron chi connectivity index (χ4n) is 4.63. The summed E-state index contributed by atoms with van der Waals surface area (Å²) in [5, 5.41) is 8.26. The molecule has 0 spiro atoms. The molecule has 0 saturated carbocycles. The van der Waals surface area contributed by atoms with Crippen LogP contribution in [0.5, 0.6) is 0 Å². The molecule has 2 aliphatic heterocycles. The average Bonchev–Trinajstić information content (AvgIpc) is 3.21. The third-order valence-corrected chi connectivity index (χ3v) is 8.87. The molecule has 0 amide bonds. The molecule has 5 rings (SSSR count). The van der Waals surface area contributed by atoms with Gasteiger partial charge in [0.25, 0.3) is 0 Å². The lowest BCUT2D eigenvalue weighted by Crippen LogP contribution is -2.67. The second-order valence-corrected chi connectivity index (χ2v) is 12.3. The fraction of sp³-hybridized carbons (Fsp3) is 0.522. The lowest BCUT2D eigenvalue weighted by molar-refractivity contribution is -0.137. The molecule has 1 aromatic carbocycles. The summed E-state index contributed by atoms with van der Waals surface area (Å²) in [6, 6.07) is 4.83. The van der Waals surface area contributed by atoms with Gasteiger partial charge in [-0.05, 0) is 52.1 Å². The monoisotopic (exact) mass is 523 g/mol. The Bertz CT molecular complexity index is 1380. The van der Waals surface area contributed by atoms with Crippen molar-refractivity contribution in [3.05, 3.63) is 36.0 Å². The summed E-state index contributed by atoms with van der Waals surface area (Å²) in [6.07, 6.45) is -2.03. The summed E-state index contributed by atoms with van der Waals surface area (Å²) in [6.45, 7) is 3.57. The van der Waals surface area contributed by atoms with Crippen LogP contribution in [0, 0.1) is 0 Å². The molecular formula is C23H28F3N7O2S. The van der Waals surface area contributed by atoms with Gasteiger partial charge in [-0.15, -0.1) is 0 Å². The predicted octanol–water partition coefficient (Wildman–Crippen LogP) is 2.96. The summed E-state index contributed by atoms with van der Waals surface area (Å²) in [5.41, 5.74) is -0.201. The minimum Gasteiger partial charge on any atom is -0.352 e. The van der Waals surface area contributed by atoms with Crippen molar-refractivity contribution < 1.29 is 21.6 Å². The number of benzene rings is 1. The Morgan fingerprint density at radius 2 is 1.83 bits per heavy atom. The number of rotatable bonds is 5. The highest BCUT2D eigenvalue weighted by atomic mass is 32.2. The quantitative estimate of drug-likeness (QED) is 0.546. The average molecular weight is 524 g/mol. The summed E-state index contributed by atoms with van der Waals surface area (Å²) >= 11 is 0. The van der Waals surface area contributed by atoms with Crippen LogP contribution in [0.3, 0.4) is 0 Å². The van der Waals surface area contributed by atoms with Crippen LogP contribution in [-0.2, 0) is 16.0 Å². The van der Waals surface area contributed by atoms with Gasteiger partial charge >= 0.3 is 6.18 Å². The van der Waals surface area contributed by atoms with Gasteiger partial charge in [0, 0.05) is 19.1 Å². The minimum absolute atomic E-state index is 0.0420. The first-order valence-corrected chi connectivity index (χ1v) is 13.5. The molecule has 9 nitrogen and oxygen atoms in total. The van der Waals surface area contributed by atoms with Crippen LogP contribution in [0.25, 0.3) is 16.7 Å². The number of nitrogens with zero attached hydrogens (tertiary/aromatic N) is 6. The van der Waals surface area contributed by atoms with Gasteiger partial charge in [-0.25, -0.2) is 13.1 Å². The zero-order chi connectivity index (χ0) is 25.9. The lowest BCUT2D eigenvalue weighted by atomic mass is 9.91. The smallest absolute Gasteiger partial charge is 0.352 e. The van der Waals surface area contributed by atoms with Crippen molar-refractivity contribution in [2.24, 2.45) is 0 Å². The maximum Gasteiger partial charge on any atom is 0.416 e. The molecule has 194 valence electrons. The second-order valence-electron chi connectivity index (χ2n) is 10.0. The van der Waals surface area contributed by atoms with E-state index in [9.17, 15) is 21.6 Å². The predicted molar refractivity (Wildman–Crippen MR) is 131 cm³/mol. The van der Waals surface area contributed by atoms with Crippen molar-refractivity contribution in [2.45, 2.75) is 37.5 Å². The largest absolute Gasteiger partial charge is 0.416 e. The van der Waals surface area contributed by atoms with E-state index >= 15 is 0 Å². The summed E-state index contributed by atoms with van der Waals surface area (Å²) < 4.78 is 65.1. The van der Waals surface area contributed by atoms with Gasteiger partial charge in [0.2, 0.25) is 5.95 Å². The Morgan fingerprint density at radius 1 is 1.14 bits per heavy atom. The lowest BCUT2D eigenvalue weighted by Gasteiger charge is -2.52. The maximum absolute atomic E-state index is 13.3. The number of anilines is 2. The van der Waals surface area contributed by atoms with Crippen molar-refractivity contribution >= 4 is 32.6 Å². The van der Waals surface area contributed by atoms with Gasteiger partial charge in [-0.1, -0.05) is 6.07 Å². The Morgan fingerprint density at radius 3 is 2.47 bits per heavy atom. The molecular weight excluding hydrogens is 495 g/mol. The molecule has 1 N–H and O–H groups in total. The number of hydrogen-bond donors (Lipinski definition) is 1. The number of alkyl halides is 3. The molecule has 3 aromatic rings. The van der Waals surface area contributed by atoms with Gasteiger partial charge in [0.1, 0.15) is 15.7 Å². The van der Waals surface area contributed by atoms with Crippen molar-refractivity contribution in [3.8, 4) is 5.69 Å². The third kappa shape index (κ3) is 4.61. The van der Waals surface area contributed by atoms with Gasteiger partial charge < -0.3 is 15.1 Å². The van der Waals surface area contributed by atoms with Crippen LogP contribution >= 0.6 is 0 Å². The maximum atomic E-state index is 13.3. The zero-order valence-electron chi connectivity index (χ0n) is 20.2. The van der Waals surface area contributed by atoms with E-state index in [0.29, 0.717) is 48.7 Å². The highest BCUT2D eigenvalue weighted by molar-refractivity contribution is 7.91. The minimum atomic E-state index is -4.48. The van der Waals surface area contributed by atoms with E-state index in [1.807, 2.05) is 14.1 Å². The van der Waals surface area contributed by atoms with Crippen LogP contribution < -0.4 is 10.2 Å². The van der Waals surface area contributed by atoms with E-state index in [-0.39, 0.29) is 28.8 Å². The summed E-state index contributed by atoms with van der Waals surface area (Å²) in [4.78, 5) is 13.6. The Balaban J connectivity index is 1.55. The normalized spacial score (nSPS) is 20.0. The Kier molecular flexibility index (Phi) is 5.90. The van der Waals surface area contributed by atoms with E-state index in [2.05, 4.69) is 32.1 Å². The SMILES string of the molecule is CN(C)C1(C)CN(c2nc(NC3CCS(=O)(=O)CC3)nc3c2cnn3-c2cccc(C(F)(F)F)c2)C1. The molecule has 0 atom stereocenters. The first-order valence-electron chi connectivity index (χ1n) is 11.7. The van der Waals surface area contributed by atoms with Crippen molar-refractivity contribution in [2.75, 3.05) is 48.9 Å². The van der Waals surface area contributed by atoms with Crippen molar-refractivity contribution in [3.63, 3.8) is 0 Å². The van der Waals surface area contributed by atoms with E-state index in [1.54, 1.807) is 12.3 Å². The van der Waals surface area contributed by atoms with Crippen LogP contribution in [0.15, 0.2) is 30.5 Å². The van der Waals surface area contributed by atoms with Crippen LogP contribution in [0.4, 0.5) is 24.9 Å². The molecule has 4 heterocycles.